The Morgan fingerprint density at radius 1 is 0.579 bits per heavy atom. The minimum Gasteiger partial charge on any atom is -0.393 e. The van der Waals surface area contributed by atoms with Gasteiger partial charge in [-0.05, 0) is 31.1 Å². The van der Waals surface area contributed by atoms with Crippen molar-refractivity contribution in [2.45, 2.75) is 98.5 Å². The average Bonchev–Trinajstić information content (AvgIpc) is 2.27. The van der Waals surface area contributed by atoms with E-state index < -0.39 is 0 Å². The van der Waals surface area contributed by atoms with Gasteiger partial charge in [0.2, 0.25) is 0 Å². The molecule has 1 heteroatoms. The van der Waals surface area contributed by atoms with E-state index >= 15 is 0 Å². The van der Waals surface area contributed by atoms with Crippen molar-refractivity contribution < 1.29 is 5.11 Å². The second-order valence-electron chi connectivity index (χ2n) is 7.25. The van der Waals surface area contributed by atoms with Crippen molar-refractivity contribution in [3.8, 4) is 0 Å². The second-order valence-corrected chi connectivity index (χ2v) is 7.25. The number of aliphatic hydroxyl groups excluding tert-OH is 1. The van der Waals surface area contributed by atoms with Crippen molar-refractivity contribution >= 4 is 0 Å². The average molecular weight is 271 g/mol. The largest absolute Gasteiger partial charge is 0.393 e. The molecular weight excluding hydrogens is 232 g/mol. The third-order valence-corrected chi connectivity index (χ3v) is 4.19. The summed E-state index contributed by atoms with van der Waals surface area (Å²) in [7, 11) is 0. The summed E-state index contributed by atoms with van der Waals surface area (Å²) in [6, 6.07) is 0. The summed E-state index contributed by atoms with van der Waals surface area (Å²) in [5.74, 6) is 2.60. The first-order valence-corrected chi connectivity index (χ1v) is 8.59. The molecule has 1 nitrogen and oxygen atoms in total. The van der Waals surface area contributed by atoms with Crippen LogP contribution in [0.1, 0.15) is 92.4 Å². The maximum atomic E-state index is 9.24. The molecular formula is C18H38O. The zero-order valence-electron chi connectivity index (χ0n) is 14.1. The zero-order chi connectivity index (χ0) is 14.7. The van der Waals surface area contributed by atoms with Crippen LogP contribution in [0.15, 0.2) is 0 Å². The molecule has 0 amide bonds. The molecule has 0 radical (unpaired) electrons. The summed E-state index contributed by atoms with van der Waals surface area (Å²) in [4.78, 5) is 0. The molecule has 19 heavy (non-hydrogen) atoms. The molecule has 0 aliphatic carbocycles. The van der Waals surface area contributed by atoms with Crippen molar-refractivity contribution in [2.24, 2.45) is 17.8 Å². The van der Waals surface area contributed by atoms with Gasteiger partial charge in [0.15, 0.2) is 0 Å². The van der Waals surface area contributed by atoms with Gasteiger partial charge in [0.05, 0.1) is 6.10 Å². The molecule has 116 valence electrons. The summed E-state index contributed by atoms with van der Waals surface area (Å²) >= 11 is 0. The van der Waals surface area contributed by atoms with Crippen LogP contribution in [0, 0.1) is 17.8 Å². The van der Waals surface area contributed by atoms with Crippen molar-refractivity contribution in [1.29, 1.82) is 0 Å². The molecule has 0 aromatic heterocycles. The molecule has 1 N–H and O–H groups in total. The highest BCUT2D eigenvalue weighted by molar-refractivity contribution is 4.60. The van der Waals surface area contributed by atoms with Gasteiger partial charge in [-0.2, -0.15) is 0 Å². The van der Waals surface area contributed by atoms with E-state index in [2.05, 4.69) is 27.7 Å². The predicted octanol–water partition coefficient (Wildman–Crippen LogP) is 5.81. The Balaban J connectivity index is 3.40. The van der Waals surface area contributed by atoms with E-state index in [1.165, 1.54) is 51.4 Å². The minimum absolute atomic E-state index is 0.117. The van der Waals surface area contributed by atoms with Crippen molar-refractivity contribution in [3.05, 3.63) is 0 Å². The summed E-state index contributed by atoms with van der Waals surface area (Å²) in [6.45, 7) is 11.3. The highest BCUT2D eigenvalue weighted by Crippen LogP contribution is 2.21. The van der Waals surface area contributed by atoms with Gasteiger partial charge < -0.3 is 5.11 Å². The van der Waals surface area contributed by atoms with Crippen LogP contribution < -0.4 is 0 Å². The van der Waals surface area contributed by atoms with Crippen LogP contribution in [-0.2, 0) is 0 Å². The molecule has 0 saturated heterocycles. The first-order chi connectivity index (χ1) is 8.91. The second kappa shape index (κ2) is 11.8. The van der Waals surface area contributed by atoms with E-state index in [1.807, 2.05) is 6.92 Å². The lowest BCUT2D eigenvalue weighted by molar-refractivity contribution is 0.178. The standard InChI is InChI=1S/C18H38O/c1-15(2)9-6-10-16(3)11-7-12-17(4)13-8-14-18(5)19/h15-19H,6-14H2,1-5H3. The molecule has 0 fully saturated rings. The van der Waals surface area contributed by atoms with E-state index in [0.29, 0.717) is 0 Å². The Morgan fingerprint density at radius 2 is 0.947 bits per heavy atom. The number of hydrogen-bond donors (Lipinski definition) is 1. The fraction of sp³-hybridized carbons (Fsp3) is 1.00. The molecule has 0 aliphatic rings. The minimum atomic E-state index is -0.117. The Kier molecular flexibility index (Phi) is 11.7. The van der Waals surface area contributed by atoms with Gasteiger partial charge in [0.1, 0.15) is 0 Å². The topological polar surface area (TPSA) is 20.2 Å². The van der Waals surface area contributed by atoms with Gasteiger partial charge >= 0.3 is 0 Å². The SMILES string of the molecule is CC(C)CCCC(C)CCCC(C)CCCC(C)O. The van der Waals surface area contributed by atoms with E-state index in [4.69, 9.17) is 0 Å². The van der Waals surface area contributed by atoms with Crippen LogP contribution in [0.4, 0.5) is 0 Å². The zero-order valence-corrected chi connectivity index (χ0v) is 14.1. The van der Waals surface area contributed by atoms with Crippen LogP contribution in [0.2, 0.25) is 0 Å². The van der Waals surface area contributed by atoms with Crippen molar-refractivity contribution in [2.75, 3.05) is 0 Å². The number of hydrogen-bond acceptors (Lipinski definition) is 1. The summed E-state index contributed by atoms with van der Waals surface area (Å²) in [6.07, 6.45) is 11.7. The molecule has 0 bridgehead atoms. The number of rotatable bonds is 12. The highest BCUT2D eigenvalue weighted by Gasteiger charge is 2.07. The smallest absolute Gasteiger partial charge is 0.0512 e. The molecule has 0 aliphatic heterocycles. The molecule has 0 aromatic rings. The van der Waals surface area contributed by atoms with Gasteiger partial charge in [-0.1, -0.05) is 79.1 Å². The lowest BCUT2D eigenvalue weighted by Gasteiger charge is -2.15. The highest BCUT2D eigenvalue weighted by atomic mass is 16.3. The van der Waals surface area contributed by atoms with Crippen LogP contribution in [-0.4, -0.2) is 11.2 Å². The summed E-state index contributed by atoms with van der Waals surface area (Å²) in [5.41, 5.74) is 0. The molecule has 3 atom stereocenters. The molecule has 3 unspecified atom stereocenters. The third-order valence-electron chi connectivity index (χ3n) is 4.19. The van der Waals surface area contributed by atoms with E-state index in [1.54, 1.807) is 0 Å². The van der Waals surface area contributed by atoms with Gasteiger partial charge in [-0.15, -0.1) is 0 Å². The van der Waals surface area contributed by atoms with E-state index in [9.17, 15) is 5.11 Å². The van der Waals surface area contributed by atoms with E-state index in [0.717, 1.165) is 24.2 Å². The third kappa shape index (κ3) is 14.2. The Labute approximate surface area is 122 Å². The van der Waals surface area contributed by atoms with Crippen LogP contribution in [0.5, 0.6) is 0 Å². The van der Waals surface area contributed by atoms with Crippen molar-refractivity contribution in [1.82, 2.24) is 0 Å². The monoisotopic (exact) mass is 270 g/mol. The summed E-state index contributed by atoms with van der Waals surface area (Å²) in [5, 5.41) is 9.24. The Morgan fingerprint density at radius 3 is 1.32 bits per heavy atom. The molecule has 0 rings (SSSR count). The van der Waals surface area contributed by atoms with Gasteiger partial charge in [0.25, 0.3) is 0 Å². The fourth-order valence-corrected chi connectivity index (χ4v) is 2.74. The maximum Gasteiger partial charge on any atom is 0.0512 e. The maximum absolute atomic E-state index is 9.24. The fourth-order valence-electron chi connectivity index (χ4n) is 2.74. The van der Waals surface area contributed by atoms with Crippen LogP contribution >= 0.6 is 0 Å². The molecule has 0 saturated carbocycles. The Hall–Kier alpha value is -0.0400. The summed E-state index contributed by atoms with van der Waals surface area (Å²) < 4.78 is 0. The quantitative estimate of drug-likeness (QED) is 0.474. The van der Waals surface area contributed by atoms with Gasteiger partial charge in [-0.25, -0.2) is 0 Å². The molecule has 0 spiro atoms. The van der Waals surface area contributed by atoms with Gasteiger partial charge in [-0.3, -0.25) is 0 Å². The lowest BCUT2D eigenvalue weighted by Crippen LogP contribution is -2.03. The number of aliphatic hydroxyl groups is 1. The first kappa shape index (κ1) is 19.0. The predicted molar refractivity (Wildman–Crippen MR) is 86.4 cm³/mol. The molecule has 0 heterocycles. The Bertz CT molecular complexity index is 166. The van der Waals surface area contributed by atoms with Gasteiger partial charge in [0, 0.05) is 0 Å². The van der Waals surface area contributed by atoms with E-state index in [-0.39, 0.29) is 6.10 Å². The van der Waals surface area contributed by atoms with Crippen LogP contribution in [0.25, 0.3) is 0 Å². The normalized spacial score (nSPS) is 16.6. The van der Waals surface area contributed by atoms with Crippen molar-refractivity contribution in [3.63, 3.8) is 0 Å². The van der Waals surface area contributed by atoms with Crippen LogP contribution in [0.3, 0.4) is 0 Å². The first-order valence-electron chi connectivity index (χ1n) is 8.59. The lowest BCUT2D eigenvalue weighted by atomic mass is 9.92. The molecule has 0 aromatic carbocycles.